The van der Waals surface area contributed by atoms with Crippen LogP contribution >= 0.6 is 23.2 Å². The maximum absolute atomic E-state index is 12.3. The van der Waals surface area contributed by atoms with Crippen LogP contribution in [0.2, 0.25) is 10.0 Å². The summed E-state index contributed by atoms with van der Waals surface area (Å²) in [6, 6.07) is 3.54. The van der Waals surface area contributed by atoms with E-state index in [2.05, 4.69) is 17.0 Å². The minimum atomic E-state index is -2.94. The topological polar surface area (TPSA) is 21.3 Å². The fraction of sp³-hybridized carbons (Fsp3) is 0.571. The van der Waals surface area contributed by atoms with Gasteiger partial charge in [0, 0.05) is 11.7 Å². The van der Waals surface area contributed by atoms with Crippen molar-refractivity contribution in [3.63, 3.8) is 0 Å². The maximum atomic E-state index is 12.3. The van der Waals surface area contributed by atoms with Crippen LogP contribution in [0.5, 0.6) is 5.75 Å². The minimum absolute atomic E-state index is 0.0892. The molecule has 1 N–H and O–H groups in total. The molecule has 0 saturated heterocycles. The third-order valence-corrected chi connectivity index (χ3v) is 4.30. The number of anilines is 1. The molecule has 2 unspecified atom stereocenters. The number of rotatable bonds is 5. The second-order valence-corrected chi connectivity index (χ2v) is 5.81. The summed E-state index contributed by atoms with van der Waals surface area (Å²) in [6.45, 7) is -0.771. The average molecular weight is 324 g/mol. The van der Waals surface area contributed by atoms with Crippen molar-refractivity contribution in [2.75, 3.05) is 5.32 Å². The molecule has 1 aliphatic rings. The van der Waals surface area contributed by atoms with E-state index in [-0.39, 0.29) is 15.8 Å². The Labute approximate surface area is 127 Å². The molecule has 2 nitrogen and oxygen atoms in total. The number of hydrogen-bond donors (Lipinski definition) is 1. The molecule has 0 aromatic heterocycles. The quantitative estimate of drug-likeness (QED) is 0.763. The lowest BCUT2D eigenvalue weighted by Gasteiger charge is -2.21. The Balaban J connectivity index is 2.13. The van der Waals surface area contributed by atoms with Gasteiger partial charge in [-0.3, -0.25) is 0 Å². The predicted molar refractivity (Wildman–Crippen MR) is 78.1 cm³/mol. The smallest absolute Gasteiger partial charge is 0.387 e. The number of benzene rings is 1. The monoisotopic (exact) mass is 323 g/mol. The van der Waals surface area contributed by atoms with Crippen LogP contribution in [-0.2, 0) is 0 Å². The Morgan fingerprint density at radius 3 is 2.50 bits per heavy atom. The number of alkyl halides is 2. The van der Waals surface area contributed by atoms with E-state index in [1.165, 1.54) is 12.8 Å². The van der Waals surface area contributed by atoms with E-state index in [0.29, 0.717) is 12.0 Å². The molecule has 1 aliphatic carbocycles. The third-order valence-electron chi connectivity index (χ3n) is 3.74. The SMILES string of the molecule is CCC1CCCC1Nc1cc(Cl)c(OC(F)F)c(Cl)c1. The summed E-state index contributed by atoms with van der Waals surface area (Å²) in [7, 11) is 0. The molecule has 1 fully saturated rings. The zero-order valence-electron chi connectivity index (χ0n) is 11.1. The zero-order valence-corrected chi connectivity index (χ0v) is 12.6. The largest absolute Gasteiger partial charge is 0.432 e. The predicted octanol–water partition coefficient (Wildman–Crippen LogP) is 5.59. The Morgan fingerprint density at radius 2 is 1.95 bits per heavy atom. The second kappa shape index (κ2) is 6.81. The lowest BCUT2D eigenvalue weighted by molar-refractivity contribution is -0.0497. The van der Waals surface area contributed by atoms with Gasteiger partial charge in [-0.05, 0) is 30.9 Å². The first-order valence-electron chi connectivity index (χ1n) is 6.71. The molecule has 0 spiro atoms. The van der Waals surface area contributed by atoms with Gasteiger partial charge in [0.25, 0.3) is 0 Å². The van der Waals surface area contributed by atoms with Gasteiger partial charge in [0.1, 0.15) is 0 Å². The molecule has 0 radical (unpaired) electrons. The molecule has 1 aromatic carbocycles. The van der Waals surface area contributed by atoms with Gasteiger partial charge >= 0.3 is 6.61 Å². The van der Waals surface area contributed by atoms with Crippen molar-refractivity contribution in [3.8, 4) is 5.75 Å². The van der Waals surface area contributed by atoms with Crippen molar-refractivity contribution in [2.24, 2.45) is 5.92 Å². The van der Waals surface area contributed by atoms with Crippen LogP contribution in [0.25, 0.3) is 0 Å². The van der Waals surface area contributed by atoms with Gasteiger partial charge in [-0.25, -0.2) is 0 Å². The average Bonchev–Trinajstić information content (AvgIpc) is 2.81. The summed E-state index contributed by atoms with van der Waals surface area (Å²) >= 11 is 11.9. The lowest BCUT2D eigenvalue weighted by Crippen LogP contribution is -2.23. The normalized spacial score (nSPS) is 22.3. The summed E-state index contributed by atoms with van der Waals surface area (Å²) in [5.41, 5.74) is 0.743. The van der Waals surface area contributed by atoms with Crippen molar-refractivity contribution in [1.29, 1.82) is 0 Å². The summed E-state index contributed by atoms with van der Waals surface area (Å²) in [6.07, 6.45) is 4.63. The third kappa shape index (κ3) is 3.67. The Hall–Kier alpha value is -0.740. The van der Waals surface area contributed by atoms with Gasteiger partial charge in [0.05, 0.1) is 10.0 Å². The summed E-state index contributed by atoms with van der Waals surface area (Å²) < 4.78 is 28.8. The first-order chi connectivity index (χ1) is 9.51. The summed E-state index contributed by atoms with van der Waals surface area (Å²) in [4.78, 5) is 0. The molecule has 20 heavy (non-hydrogen) atoms. The molecule has 2 rings (SSSR count). The van der Waals surface area contributed by atoms with Gasteiger partial charge in [0.2, 0.25) is 0 Å². The molecule has 0 aliphatic heterocycles. The van der Waals surface area contributed by atoms with Crippen molar-refractivity contribution in [2.45, 2.75) is 45.3 Å². The standard InChI is InChI=1S/C14H17Cl2F2NO/c1-2-8-4-3-5-12(8)19-9-6-10(15)13(11(16)7-9)20-14(17)18/h6-8,12,14,19H,2-5H2,1H3. The minimum Gasteiger partial charge on any atom is -0.432 e. The van der Waals surface area contributed by atoms with E-state index in [0.717, 1.165) is 18.5 Å². The van der Waals surface area contributed by atoms with Crippen LogP contribution in [0.3, 0.4) is 0 Å². The van der Waals surface area contributed by atoms with Crippen LogP contribution in [-0.4, -0.2) is 12.7 Å². The van der Waals surface area contributed by atoms with E-state index in [9.17, 15) is 8.78 Å². The Kier molecular flexibility index (Phi) is 5.33. The fourth-order valence-electron chi connectivity index (χ4n) is 2.77. The van der Waals surface area contributed by atoms with Gasteiger partial charge in [-0.1, -0.05) is 43.0 Å². The molecule has 0 heterocycles. The molecule has 112 valence electrons. The van der Waals surface area contributed by atoms with Crippen molar-refractivity contribution >= 4 is 28.9 Å². The zero-order chi connectivity index (χ0) is 14.7. The highest BCUT2D eigenvalue weighted by atomic mass is 35.5. The van der Waals surface area contributed by atoms with Crippen molar-refractivity contribution in [1.82, 2.24) is 0 Å². The van der Waals surface area contributed by atoms with Gasteiger partial charge in [-0.2, -0.15) is 8.78 Å². The molecule has 0 amide bonds. The Bertz CT molecular complexity index is 447. The highest BCUT2D eigenvalue weighted by Gasteiger charge is 2.26. The van der Waals surface area contributed by atoms with E-state index in [4.69, 9.17) is 23.2 Å². The Morgan fingerprint density at radius 1 is 1.30 bits per heavy atom. The first kappa shape index (κ1) is 15.6. The van der Waals surface area contributed by atoms with Gasteiger partial charge in [-0.15, -0.1) is 0 Å². The highest BCUT2D eigenvalue weighted by molar-refractivity contribution is 6.37. The molecule has 1 aromatic rings. The fourth-order valence-corrected chi connectivity index (χ4v) is 3.35. The van der Waals surface area contributed by atoms with Crippen LogP contribution in [0.4, 0.5) is 14.5 Å². The molecule has 1 saturated carbocycles. The van der Waals surface area contributed by atoms with Gasteiger partial charge in [0.15, 0.2) is 5.75 Å². The number of halogens is 4. The van der Waals surface area contributed by atoms with Crippen LogP contribution in [0.15, 0.2) is 12.1 Å². The van der Waals surface area contributed by atoms with Crippen LogP contribution in [0.1, 0.15) is 32.6 Å². The maximum Gasteiger partial charge on any atom is 0.387 e. The van der Waals surface area contributed by atoms with E-state index in [1.807, 2.05) is 0 Å². The number of nitrogens with one attached hydrogen (secondary N) is 1. The summed E-state index contributed by atoms with van der Waals surface area (Å²) in [5, 5.41) is 3.57. The van der Waals surface area contributed by atoms with Crippen LogP contribution in [0, 0.1) is 5.92 Å². The van der Waals surface area contributed by atoms with Gasteiger partial charge < -0.3 is 10.1 Å². The second-order valence-electron chi connectivity index (χ2n) is 5.00. The number of hydrogen-bond acceptors (Lipinski definition) is 2. The van der Waals surface area contributed by atoms with Crippen molar-refractivity contribution in [3.05, 3.63) is 22.2 Å². The van der Waals surface area contributed by atoms with Crippen molar-refractivity contribution < 1.29 is 13.5 Å². The lowest BCUT2D eigenvalue weighted by atomic mass is 10.0. The molecular formula is C14H17Cl2F2NO. The summed E-state index contributed by atoms with van der Waals surface area (Å²) in [5.74, 6) is 0.455. The molecule has 6 heteroatoms. The molecular weight excluding hydrogens is 307 g/mol. The van der Waals surface area contributed by atoms with Crippen LogP contribution < -0.4 is 10.1 Å². The molecule has 0 bridgehead atoms. The molecule has 2 atom stereocenters. The first-order valence-corrected chi connectivity index (χ1v) is 7.47. The van der Waals surface area contributed by atoms with E-state index < -0.39 is 6.61 Å². The highest BCUT2D eigenvalue weighted by Crippen LogP contribution is 2.38. The van der Waals surface area contributed by atoms with E-state index in [1.54, 1.807) is 12.1 Å². The van der Waals surface area contributed by atoms with E-state index >= 15 is 0 Å². The number of ether oxygens (including phenoxy) is 1.